The van der Waals surface area contributed by atoms with Crippen LogP contribution in [0.5, 0.6) is 5.75 Å². The number of halogens is 2. The van der Waals surface area contributed by atoms with Crippen LogP contribution in [0.2, 0.25) is 5.02 Å². The van der Waals surface area contributed by atoms with Crippen molar-refractivity contribution in [3.05, 3.63) is 100 Å². The van der Waals surface area contributed by atoms with Crippen LogP contribution >= 0.6 is 11.6 Å². The predicted octanol–water partition coefficient (Wildman–Crippen LogP) is 5.80. The van der Waals surface area contributed by atoms with Crippen LogP contribution in [0.3, 0.4) is 0 Å². The molecule has 0 radical (unpaired) electrons. The number of methoxy groups -OCH3 is 1. The highest BCUT2D eigenvalue weighted by molar-refractivity contribution is 6.30. The number of nitrogens with one attached hydrogen (secondary N) is 1. The van der Waals surface area contributed by atoms with Crippen molar-refractivity contribution in [2.24, 2.45) is 0 Å². The summed E-state index contributed by atoms with van der Waals surface area (Å²) in [6.45, 7) is 1.64. The zero-order valence-corrected chi connectivity index (χ0v) is 16.0. The summed E-state index contributed by atoms with van der Waals surface area (Å²) in [5, 5.41) is 4.21. The zero-order chi connectivity index (χ0) is 19.1. The van der Waals surface area contributed by atoms with Gasteiger partial charge in [0.25, 0.3) is 0 Å². The first-order valence-corrected chi connectivity index (χ1v) is 9.38. The molecule has 0 aliphatic heterocycles. The second-order valence-electron chi connectivity index (χ2n) is 6.47. The maximum absolute atomic E-state index is 13.3. The van der Waals surface area contributed by atoms with Crippen molar-refractivity contribution >= 4 is 11.6 Å². The van der Waals surface area contributed by atoms with Crippen molar-refractivity contribution in [2.75, 3.05) is 13.7 Å². The number of rotatable bonds is 8. The first kappa shape index (κ1) is 19.4. The molecule has 3 aromatic rings. The Kier molecular flexibility index (Phi) is 6.86. The standard InChI is InChI=1S/C23H23ClFNO/c1-27-22-12-2-17(3-13-22)16-26-15-14-23(18-4-8-20(24)9-5-18)19-6-10-21(25)11-7-19/h2-13,23,26H,14-16H2,1H3/t23-/m0/s1. The molecule has 3 aromatic carbocycles. The Morgan fingerprint density at radius 3 is 2.07 bits per heavy atom. The van der Waals surface area contributed by atoms with Gasteiger partial charge in [0, 0.05) is 17.5 Å². The molecule has 1 atom stereocenters. The molecule has 27 heavy (non-hydrogen) atoms. The van der Waals surface area contributed by atoms with E-state index in [1.165, 1.54) is 23.3 Å². The summed E-state index contributed by atoms with van der Waals surface area (Å²) < 4.78 is 18.5. The third-order valence-electron chi connectivity index (χ3n) is 4.64. The van der Waals surface area contributed by atoms with Crippen molar-refractivity contribution < 1.29 is 9.13 Å². The molecule has 1 N–H and O–H groups in total. The van der Waals surface area contributed by atoms with E-state index in [1.54, 1.807) is 7.11 Å². The average Bonchev–Trinajstić information content (AvgIpc) is 2.70. The highest BCUT2D eigenvalue weighted by Gasteiger charge is 2.14. The van der Waals surface area contributed by atoms with Gasteiger partial charge in [0.1, 0.15) is 11.6 Å². The topological polar surface area (TPSA) is 21.3 Å². The van der Waals surface area contributed by atoms with E-state index in [2.05, 4.69) is 17.4 Å². The smallest absolute Gasteiger partial charge is 0.123 e. The van der Waals surface area contributed by atoms with Gasteiger partial charge in [-0.15, -0.1) is 0 Å². The molecule has 0 amide bonds. The van der Waals surface area contributed by atoms with Crippen molar-refractivity contribution in [3.63, 3.8) is 0 Å². The summed E-state index contributed by atoms with van der Waals surface area (Å²) in [7, 11) is 1.67. The SMILES string of the molecule is COc1ccc(CNCC[C@H](c2ccc(F)cc2)c2ccc(Cl)cc2)cc1. The van der Waals surface area contributed by atoms with Crippen LogP contribution in [0.25, 0.3) is 0 Å². The maximum Gasteiger partial charge on any atom is 0.123 e. The van der Waals surface area contributed by atoms with Crippen molar-refractivity contribution in [1.29, 1.82) is 0 Å². The van der Waals surface area contributed by atoms with Gasteiger partial charge in [-0.2, -0.15) is 0 Å². The monoisotopic (exact) mass is 383 g/mol. The second kappa shape index (κ2) is 9.54. The first-order chi connectivity index (χ1) is 13.2. The minimum absolute atomic E-state index is 0.186. The van der Waals surface area contributed by atoms with Crippen LogP contribution in [0.4, 0.5) is 4.39 Å². The fourth-order valence-electron chi connectivity index (χ4n) is 3.14. The quantitative estimate of drug-likeness (QED) is 0.496. The zero-order valence-electron chi connectivity index (χ0n) is 15.3. The van der Waals surface area contributed by atoms with Gasteiger partial charge in [0.05, 0.1) is 7.11 Å². The molecule has 0 heterocycles. The van der Waals surface area contributed by atoms with Crippen LogP contribution < -0.4 is 10.1 Å². The molecule has 2 nitrogen and oxygen atoms in total. The van der Waals surface area contributed by atoms with Gasteiger partial charge >= 0.3 is 0 Å². The van der Waals surface area contributed by atoms with Crippen molar-refractivity contribution in [3.8, 4) is 5.75 Å². The number of benzene rings is 3. The lowest BCUT2D eigenvalue weighted by Gasteiger charge is -2.19. The summed E-state index contributed by atoms with van der Waals surface area (Å²) in [4.78, 5) is 0. The molecule has 0 aliphatic carbocycles. The Balaban J connectivity index is 1.64. The molecule has 0 saturated heterocycles. The van der Waals surface area contributed by atoms with Crippen LogP contribution in [0, 0.1) is 5.82 Å². The van der Waals surface area contributed by atoms with Gasteiger partial charge in [0.15, 0.2) is 0 Å². The van der Waals surface area contributed by atoms with E-state index < -0.39 is 0 Å². The molecule has 3 rings (SSSR count). The van der Waals surface area contributed by atoms with Gasteiger partial charge in [-0.1, -0.05) is 48.0 Å². The molecule has 0 fully saturated rings. The normalized spacial score (nSPS) is 12.0. The van der Waals surface area contributed by atoms with Gasteiger partial charge in [-0.25, -0.2) is 4.39 Å². The third-order valence-corrected chi connectivity index (χ3v) is 4.89. The summed E-state index contributed by atoms with van der Waals surface area (Å²) >= 11 is 6.03. The minimum Gasteiger partial charge on any atom is -0.497 e. The van der Waals surface area contributed by atoms with Crippen LogP contribution in [0.1, 0.15) is 29.0 Å². The molecule has 0 bridgehead atoms. The lowest BCUT2D eigenvalue weighted by Crippen LogP contribution is -2.17. The largest absolute Gasteiger partial charge is 0.497 e. The Labute approximate surface area is 165 Å². The van der Waals surface area contributed by atoms with E-state index in [0.29, 0.717) is 5.02 Å². The molecule has 0 aromatic heterocycles. The predicted molar refractivity (Wildman–Crippen MR) is 109 cm³/mol. The fourth-order valence-corrected chi connectivity index (χ4v) is 3.26. The average molecular weight is 384 g/mol. The van der Waals surface area contributed by atoms with E-state index in [0.717, 1.165) is 30.8 Å². The number of hydrogen-bond acceptors (Lipinski definition) is 2. The van der Waals surface area contributed by atoms with E-state index in [-0.39, 0.29) is 11.7 Å². The Morgan fingerprint density at radius 1 is 0.889 bits per heavy atom. The second-order valence-corrected chi connectivity index (χ2v) is 6.91. The van der Waals surface area contributed by atoms with E-state index >= 15 is 0 Å². The van der Waals surface area contributed by atoms with Gasteiger partial charge in [0.2, 0.25) is 0 Å². The van der Waals surface area contributed by atoms with E-state index in [1.807, 2.05) is 48.5 Å². The lowest BCUT2D eigenvalue weighted by atomic mass is 9.88. The summed E-state index contributed by atoms with van der Waals surface area (Å²) in [5.74, 6) is 0.829. The van der Waals surface area contributed by atoms with Gasteiger partial charge in [-0.3, -0.25) is 0 Å². The van der Waals surface area contributed by atoms with Crippen molar-refractivity contribution in [2.45, 2.75) is 18.9 Å². The lowest BCUT2D eigenvalue weighted by molar-refractivity contribution is 0.414. The highest BCUT2D eigenvalue weighted by Crippen LogP contribution is 2.29. The van der Waals surface area contributed by atoms with E-state index in [9.17, 15) is 4.39 Å². The molecule has 0 spiro atoms. The molecule has 0 unspecified atom stereocenters. The number of ether oxygens (including phenoxy) is 1. The molecule has 0 aliphatic rings. The first-order valence-electron chi connectivity index (χ1n) is 9.00. The summed E-state index contributed by atoms with van der Waals surface area (Å²) in [6.07, 6.45) is 0.906. The van der Waals surface area contributed by atoms with Gasteiger partial charge < -0.3 is 10.1 Å². The molecule has 4 heteroatoms. The van der Waals surface area contributed by atoms with Crippen molar-refractivity contribution in [1.82, 2.24) is 5.32 Å². The molecular formula is C23H23ClFNO. The maximum atomic E-state index is 13.3. The molecule has 0 saturated carbocycles. The fraction of sp³-hybridized carbons (Fsp3) is 0.217. The highest BCUT2D eigenvalue weighted by atomic mass is 35.5. The van der Waals surface area contributed by atoms with Crippen LogP contribution in [0.15, 0.2) is 72.8 Å². The van der Waals surface area contributed by atoms with Crippen LogP contribution in [-0.4, -0.2) is 13.7 Å². The Hall–Kier alpha value is -2.36. The van der Waals surface area contributed by atoms with Gasteiger partial charge in [-0.05, 0) is 66.1 Å². The van der Waals surface area contributed by atoms with Crippen LogP contribution in [-0.2, 0) is 6.54 Å². The summed E-state index contributed by atoms with van der Waals surface area (Å²) in [5.41, 5.74) is 3.49. The molecule has 140 valence electrons. The third kappa shape index (κ3) is 5.56. The Morgan fingerprint density at radius 2 is 1.48 bits per heavy atom. The minimum atomic E-state index is -0.216. The Bertz CT molecular complexity index is 786. The number of hydrogen-bond donors (Lipinski definition) is 1. The summed E-state index contributed by atoms with van der Waals surface area (Å²) in [6, 6.07) is 22.7. The van der Waals surface area contributed by atoms with E-state index in [4.69, 9.17) is 16.3 Å². The molecular weight excluding hydrogens is 361 g/mol.